The van der Waals surface area contributed by atoms with Gasteiger partial charge in [0.05, 0.1) is 0 Å². The Morgan fingerprint density at radius 1 is 1.41 bits per heavy atom. The third kappa shape index (κ3) is 3.32. The molecule has 0 saturated heterocycles. The fourth-order valence-electron chi connectivity index (χ4n) is 2.09. The highest BCUT2D eigenvalue weighted by atomic mass is 16.2. The third-order valence-corrected chi connectivity index (χ3v) is 3.12. The molecule has 1 heterocycles. The van der Waals surface area contributed by atoms with E-state index < -0.39 is 0 Å². The van der Waals surface area contributed by atoms with Gasteiger partial charge in [-0.05, 0) is 35.7 Å². The van der Waals surface area contributed by atoms with Crippen LogP contribution in [0.3, 0.4) is 0 Å². The second kappa shape index (κ2) is 6.42. The summed E-state index contributed by atoms with van der Waals surface area (Å²) in [5.41, 5.74) is 10.3. The van der Waals surface area contributed by atoms with Crippen molar-refractivity contribution in [2.45, 2.75) is 19.9 Å². The minimum Gasteiger partial charge on any atom is -0.400 e. The van der Waals surface area contributed by atoms with Crippen LogP contribution in [0.5, 0.6) is 0 Å². The summed E-state index contributed by atoms with van der Waals surface area (Å²) < 4.78 is 0. The summed E-state index contributed by atoms with van der Waals surface area (Å²) in [7, 11) is 1.00. The van der Waals surface area contributed by atoms with Gasteiger partial charge in [0.25, 0.3) is 0 Å². The number of aliphatic hydroxyl groups is 1. The van der Waals surface area contributed by atoms with Crippen molar-refractivity contribution < 1.29 is 5.11 Å². The molecule has 0 unspecified atom stereocenters. The first-order chi connectivity index (χ1) is 8.20. The van der Waals surface area contributed by atoms with Crippen LogP contribution in [-0.4, -0.2) is 30.2 Å². The fourth-order valence-corrected chi connectivity index (χ4v) is 2.09. The molecule has 0 aromatic heterocycles. The Morgan fingerprint density at radius 3 is 2.71 bits per heavy atom. The van der Waals surface area contributed by atoms with Gasteiger partial charge in [0.1, 0.15) is 0 Å². The van der Waals surface area contributed by atoms with Gasteiger partial charge in [-0.25, -0.2) is 0 Å². The highest BCUT2D eigenvalue weighted by Gasteiger charge is 2.14. The number of hydrogen-bond acceptors (Lipinski definition) is 3. The van der Waals surface area contributed by atoms with Crippen molar-refractivity contribution >= 4 is 5.70 Å². The van der Waals surface area contributed by atoms with Gasteiger partial charge < -0.3 is 10.8 Å². The Hall–Kier alpha value is -1.32. The van der Waals surface area contributed by atoms with Crippen LogP contribution in [0.4, 0.5) is 0 Å². The highest BCUT2D eigenvalue weighted by molar-refractivity contribution is 5.61. The maximum atomic E-state index is 7.00. The molecule has 3 heteroatoms. The van der Waals surface area contributed by atoms with Crippen LogP contribution in [0, 0.1) is 0 Å². The van der Waals surface area contributed by atoms with Crippen molar-refractivity contribution in [2.24, 2.45) is 5.73 Å². The number of rotatable bonds is 2. The molecular formula is C14H22N2O. The first kappa shape index (κ1) is 13.7. The van der Waals surface area contributed by atoms with Crippen molar-refractivity contribution in [3.8, 4) is 0 Å². The Morgan fingerprint density at radius 2 is 2.12 bits per heavy atom. The van der Waals surface area contributed by atoms with Crippen molar-refractivity contribution in [1.29, 1.82) is 0 Å². The molecule has 1 aromatic carbocycles. The van der Waals surface area contributed by atoms with Crippen molar-refractivity contribution in [3.05, 3.63) is 41.5 Å². The lowest BCUT2D eigenvalue weighted by Crippen LogP contribution is -2.30. The molecule has 0 saturated carbocycles. The number of nitrogens with two attached hydrogens (primary N) is 1. The maximum absolute atomic E-state index is 7.00. The molecule has 0 atom stereocenters. The summed E-state index contributed by atoms with van der Waals surface area (Å²) in [6, 6.07) is 6.44. The van der Waals surface area contributed by atoms with Gasteiger partial charge >= 0.3 is 0 Å². The summed E-state index contributed by atoms with van der Waals surface area (Å²) in [6.07, 6.45) is 1.15. The number of benzene rings is 1. The second-order valence-electron chi connectivity index (χ2n) is 4.13. The average molecular weight is 234 g/mol. The topological polar surface area (TPSA) is 49.5 Å². The summed E-state index contributed by atoms with van der Waals surface area (Å²) in [6.45, 7) is 9.32. The molecule has 0 spiro atoms. The predicted octanol–water partition coefficient (Wildman–Crippen LogP) is 1.60. The van der Waals surface area contributed by atoms with Crippen LogP contribution in [-0.2, 0) is 13.0 Å². The Labute approximate surface area is 104 Å². The van der Waals surface area contributed by atoms with Gasteiger partial charge in [0, 0.05) is 25.9 Å². The second-order valence-corrected chi connectivity index (χ2v) is 4.13. The highest BCUT2D eigenvalue weighted by Crippen LogP contribution is 2.21. The summed E-state index contributed by atoms with van der Waals surface area (Å²) >= 11 is 0. The predicted molar refractivity (Wildman–Crippen MR) is 72.5 cm³/mol. The van der Waals surface area contributed by atoms with E-state index in [-0.39, 0.29) is 0 Å². The van der Waals surface area contributed by atoms with Crippen LogP contribution in [0.1, 0.15) is 23.6 Å². The molecule has 2 rings (SSSR count). The molecule has 0 fully saturated rings. The van der Waals surface area contributed by atoms with Crippen molar-refractivity contribution in [2.75, 3.05) is 20.2 Å². The zero-order valence-electron chi connectivity index (χ0n) is 10.7. The normalized spacial score (nSPS) is 14.5. The average Bonchev–Trinajstić information content (AvgIpc) is 2.39. The minimum absolute atomic E-state index is 0.659. The maximum Gasteiger partial charge on any atom is 0.0319 e. The largest absolute Gasteiger partial charge is 0.400 e. The Bertz CT molecular complexity index is 388. The molecular weight excluding hydrogens is 212 g/mol. The first-order valence-corrected chi connectivity index (χ1v) is 5.94. The van der Waals surface area contributed by atoms with Gasteiger partial charge in [-0.2, -0.15) is 0 Å². The van der Waals surface area contributed by atoms with Gasteiger partial charge in [-0.3, -0.25) is 4.90 Å². The monoisotopic (exact) mass is 234 g/mol. The van der Waals surface area contributed by atoms with Crippen LogP contribution >= 0.6 is 0 Å². The standard InChI is InChI=1S/C13H18N2.CH4O/c1-3-15-7-6-11-4-5-12(10(2)14)8-13(11)9-15;1-2/h4-5,8H,2-3,6-7,9,14H2,1H3;2H,1H3. The minimum atomic E-state index is 0.659. The summed E-state index contributed by atoms with van der Waals surface area (Å²) in [5.74, 6) is 0. The zero-order chi connectivity index (χ0) is 12.8. The molecule has 0 amide bonds. The number of nitrogens with zero attached hydrogens (tertiary/aromatic N) is 1. The number of aliphatic hydroxyl groups excluding tert-OH is 1. The quantitative estimate of drug-likeness (QED) is 0.817. The number of fused-ring (bicyclic) bond motifs is 1. The first-order valence-electron chi connectivity index (χ1n) is 5.94. The van der Waals surface area contributed by atoms with Crippen molar-refractivity contribution in [1.82, 2.24) is 4.90 Å². The lowest BCUT2D eigenvalue weighted by Gasteiger charge is -2.27. The number of hydrogen-bond donors (Lipinski definition) is 2. The molecule has 3 nitrogen and oxygen atoms in total. The smallest absolute Gasteiger partial charge is 0.0319 e. The van der Waals surface area contributed by atoms with Crippen LogP contribution in [0.25, 0.3) is 5.70 Å². The molecule has 0 radical (unpaired) electrons. The Balaban J connectivity index is 0.000000686. The van der Waals surface area contributed by atoms with E-state index in [1.807, 2.05) is 0 Å². The molecule has 17 heavy (non-hydrogen) atoms. The fraction of sp³-hybridized carbons (Fsp3) is 0.429. The van der Waals surface area contributed by atoms with Crippen LogP contribution in [0.2, 0.25) is 0 Å². The van der Waals surface area contributed by atoms with E-state index in [1.165, 1.54) is 17.7 Å². The molecule has 94 valence electrons. The Kier molecular flexibility index (Phi) is 5.19. The van der Waals surface area contributed by atoms with E-state index in [9.17, 15) is 0 Å². The summed E-state index contributed by atoms with van der Waals surface area (Å²) in [4.78, 5) is 2.45. The van der Waals surface area contributed by atoms with Gasteiger partial charge in [0.2, 0.25) is 0 Å². The third-order valence-electron chi connectivity index (χ3n) is 3.12. The molecule has 3 N–H and O–H groups in total. The van der Waals surface area contributed by atoms with E-state index in [2.05, 4.69) is 36.6 Å². The van der Waals surface area contributed by atoms with Gasteiger partial charge in [-0.1, -0.05) is 25.6 Å². The molecule has 1 aromatic rings. The lowest BCUT2D eigenvalue weighted by molar-refractivity contribution is 0.268. The van der Waals surface area contributed by atoms with Gasteiger partial charge in [-0.15, -0.1) is 0 Å². The van der Waals surface area contributed by atoms with E-state index in [4.69, 9.17) is 10.8 Å². The van der Waals surface area contributed by atoms with E-state index in [0.717, 1.165) is 32.2 Å². The zero-order valence-corrected chi connectivity index (χ0v) is 10.7. The van der Waals surface area contributed by atoms with E-state index in [1.54, 1.807) is 0 Å². The SMILES string of the molecule is C=C(N)c1ccc2c(c1)CN(CC)CC2.CO. The molecule has 1 aliphatic rings. The van der Waals surface area contributed by atoms with E-state index in [0.29, 0.717) is 5.70 Å². The molecule has 0 bridgehead atoms. The number of likely N-dealkylation sites (N-methyl/N-ethyl adjacent to an activating group) is 1. The van der Waals surface area contributed by atoms with Crippen LogP contribution in [0.15, 0.2) is 24.8 Å². The molecule has 0 aliphatic carbocycles. The summed E-state index contributed by atoms with van der Waals surface area (Å²) in [5, 5.41) is 7.00. The van der Waals surface area contributed by atoms with Crippen molar-refractivity contribution in [3.63, 3.8) is 0 Å². The van der Waals surface area contributed by atoms with E-state index >= 15 is 0 Å². The van der Waals surface area contributed by atoms with Gasteiger partial charge in [0.15, 0.2) is 0 Å². The van der Waals surface area contributed by atoms with Crippen LogP contribution < -0.4 is 5.73 Å². The molecule has 1 aliphatic heterocycles. The lowest BCUT2D eigenvalue weighted by atomic mass is 9.97.